The highest BCUT2D eigenvalue weighted by molar-refractivity contribution is 5.22. The van der Waals surface area contributed by atoms with Gasteiger partial charge >= 0.3 is 6.18 Å². The lowest BCUT2D eigenvalue weighted by Gasteiger charge is -2.23. The summed E-state index contributed by atoms with van der Waals surface area (Å²) < 4.78 is 37.3. The van der Waals surface area contributed by atoms with Crippen molar-refractivity contribution in [3.63, 3.8) is 0 Å². The molecule has 0 aromatic heterocycles. The summed E-state index contributed by atoms with van der Waals surface area (Å²) in [6.45, 7) is 2.60. The molecular formula is C14H21F3N2. The number of rotatable bonds is 7. The molecule has 0 aliphatic rings. The molecule has 0 atom stereocenters. The van der Waals surface area contributed by atoms with Gasteiger partial charge in [-0.05, 0) is 31.1 Å². The summed E-state index contributed by atoms with van der Waals surface area (Å²) in [5, 5.41) is 3.04. The number of hydrogen-bond donors (Lipinski definition) is 1. The Morgan fingerprint density at radius 2 is 1.68 bits per heavy atom. The summed E-state index contributed by atoms with van der Waals surface area (Å²) in [4.78, 5) is 1.44. The Labute approximate surface area is 112 Å². The van der Waals surface area contributed by atoms with Crippen molar-refractivity contribution in [1.29, 1.82) is 0 Å². The van der Waals surface area contributed by atoms with Crippen molar-refractivity contribution in [2.24, 2.45) is 0 Å². The van der Waals surface area contributed by atoms with Gasteiger partial charge in [0.15, 0.2) is 0 Å². The quantitative estimate of drug-likeness (QED) is 0.821. The van der Waals surface area contributed by atoms with Crippen molar-refractivity contribution >= 4 is 0 Å². The smallest absolute Gasteiger partial charge is 0.316 e. The minimum atomic E-state index is -4.14. The van der Waals surface area contributed by atoms with Crippen LogP contribution in [0.4, 0.5) is 13.2 Å². The first-order valence-electron chi connectivity index (χ1n) is 6.46. The minimum Gasteiger partial charge on any atom is -0.316 e. The van der Waals surface area contributed by atoms with E-state index in [1.165, 1.54) is 4.90 Å². The van der Waals surface area contributed by atoms with Gasteiger partial charge in [-0.25, -0.2) is 0 Å². The highest BCUT2D eigenvalue weighted by Crippen LogP contribution is 2.18. The fraction of sp³-hybridized carbons (Fsp3) is 0.571. The third-order valence-corrected chi connectivity index (χ3v) is 2.75. The first-order valence-corrected chi connectivity index (χ1v) is 6.46. The van der Waals surface area contributed by atoms with E-state index in [4.69, 9.17) is 0 Å². The van der Waals surface area contributed by atoms with Crippen molar-refractivity contribution in [3.8, 4) is 0 Å². The topological polar surface area (TPSA) is 15.3 Å². The molecule has 0 aliphatic carbocycles. The van der Waals surface area contributed by atoms with E-state index in [9.17, 15) is 13.2 Å². The Bertz CT molecular complexity index is 360. The van der Waals surface area contributed by atoms with Crippen molar-refractivity contribution < 1.29 is 13.2 Å². The van der Waals surface area contributed by atoms with Crippen LogP contribution in [-0.4, -0.2) is 31.2 Å². The van der Waals surface area contributed by atoms with Gasteiger partial charge in [0.1, 0.15) is 0 Å². The fourth-order valence-corrected chi connectivity index (χ4v) is 2.01. The lowest BCUT2D eigenvalue weighted by Crippen LogP contribution is -2.34. The summed E-state index contributed by atoms with van der Waals surface area (Å²) in [6.07, 6.45) is -3.42. The molecule has 0 fully saturated rings. The molecule has 1 aromatic carbocycles. The van der Waals surface area contributed by atoms with E-state index in [-0.39, 0.29) is 0 Å². The van der Waals surface area contributed by atoms with Gasteiger partial charge in [0, 0.05) is 13.1 Å². The normalized spacial score (nSPS) is 12.1. The molecule has 19 heavy (non-hydrogen) atoms. The van der Waals surface area contributed by atoms with E-state index in [2.05, 4.69) is 5.32 Å². The van der Waals surface area contributed by atoms with Crippen LogP contribution < -0.4 is 5.32 Å². The summed E-state index contributed by atoms with van der Waals surface area (Å²) in [5.74, 6) is 0. The molecule has 108 valence electrons. The Morgan fingerprint density at radius 1 is 1.11 bits per heavy atom. The van der Waals surface area contributed by atoms with Gasteiger partial charge < -0.3 is 5.32 Å². The molecule has 0 radical (unpaired) electrons. The van der Waals surface area contributed by atoms with Crippen molar-refractivity contribution in [3.05, 3.63) is 35.4 Å². The van der Waals surface area contributed by atoms with Crippen LogP contribution >= 0.6 is 0 Å². The molecule has 0 amide bonds. The van der Waals surface area contributed by atoms with Gasteiger partial charge in [0.05, 0.1) is 6.54 Å². The minimum absolute atomic E-state index is 0.340. The van der Waals surface area contributed by atoms with Gasteiger partial charge in [0.2, 0.25) is 0 Å². The van der Waals surface area contributed by atoms with Crippen molar-refractivity contribution in [2.75, 3.05) is 20.1 Å². The first kappa shape index (κ1) is 16.0. The second-order valence-electron chi connectivity index (χ2n) is 4.67. The molecule has 0 bridgehead atoms. The molecule has 0 spiro atoms. The summed E-state index contributed by atoms with van der Waals surface area (Å²) >= 11 is 0. The van der Waals surface area contributed by atoms with Crippen LogP contribution in [0.15, 0.2) is 24.3 Å². The second-order valence-corrected chi connectivity index (χ2v) is 4.67. The molecule has 5 heteroatoms. The third-order valence-electron chi connectivity index (χ3n) is 2.75. The maximum absolute atomic E-state index is 12.4. The number of benzene rings is 1. The zero-order valence-electron chi connectivity index (χ0n) is 11.4. The summed E-state index contributed by atoms with van der Waals surface area (Å²) in [5.41, 5.74) is 2.04. The largest absolute Gasteiger partial charge is 0.401 e. The molecule has 2 nitrogen and oxygen atoms in total. The van der Waals surface area contributed by atoms with Crippen LogP contribution in [0, 0.1) is 0 Å². The third kappa shape index (κ3) is 6.59. The standard InChI is InChI=1S/C14H21F3N2/c1-3-8-19(11-14(15,16)17)10-13-6-4-12(5-7-13)9-18-2/h4-7,18H,3,8-11H2,1-2H3. The second kappa shape index (κ2) is 7.50. The molecule has 1 rings (SSSR count). The zero-order chi connectivity index (χ0) is 14.3. The van der Waals surface area contributed by atoms with Crippen LogP contribution in [0.1, 0.15) is 24.5 Å². The van der Waals surface area contributed by atoms with Crippen LogP contribution in [0.5, 0.6) is 0 Å². The van der Waals surface area contributed by atoms with Gasteiger partial charge in [-0.15, -0.1) is 0 Å². The number of alkyl halides is 3. The molecule has 1 N–H and O–H groups in total. The van der Waals surface area contributed by atoms with Gasteiger partial charge in [-0.2, -0.15) is 13.2 Å². The van der Waals surface area contributed by atoms with Gasteiger partial charge in [0.25, 0.3) is 0 Å². The van der Waals surface area contributed by atoms with E-state index in [1.807, 2.05) is 38.2 Å². The maximum Gasteiger partial charge on any atom is 0.401 e. The van der Waals surface area contributed by atoms with E-state index in [1.54, 1.807) is 0 Å². The van der Waals surface area contributed by atoms with E-state index < -0.39 is 12.7 Å². The Hall–Kier alpha value is -1.07. The lowest BCUT2D eigenvalue weighted by atomic mass is 10.1. The molecule has 0 unspecified atom stereocenters. The molecule has 0 heterocycles. The summed E-state index contributed by atoms with van der Waals surface area (Å²) in [6, 6.07) is 7.69. The Kier molecular flexibility index (Phi) is 6.31. The van der Waals surface area contributed by atoms with Gasteiger partial charge in [-0.1, -0.05) is 31.2 Å². The molecule has 1 aromatic rings. The monoisotopic (exact) mass is 274 g/mol. The predicted octanol–water partition coefficient (Wildman–Crippen LogP) is 3.18. The maximum atomic E-state index is 12.4. The molecule has 0 saturated heterocycles. The predicted molar refractivity (Wildman–Crippen MR) is 70.8 cm³/mol. The highest BCUT2D eigenvalue weighted by atomic mass is 19.4. The van der Waals surface area contributed by atoms with Gasteiger partial charge in [-0.3, -0.25) is 4.90 Å². The number of nitrogens with zero attached hydrogens (tertiary/aromatic N) is 1. The average molecular weight is 274 g/mol. The number of hydrogen-bond acceptors (Lipinski definition) is 2. The van der Waals surface area contributed by atoms with Crippen molar-refractivity contribution in [1.82, 2.24) is 10.2 Å². The zero-order valence-corrected chi connectivity index (χ0v) is 11.4. The number of nitrogens with one attached hydrogen (secondary N) is 1. The SMILES string of the molecule is CCCN(Cc1ccc(CNC)cc1)CC(F)(F)F. The number of halogens is 3. The van der Waals surface area contributed by atoms with Crippen LogP contribution in [0.3, 0.4) is 0 Å². The van der Waals surface area contributed by atoms with Crippen LogP contribution in [0.25, 0.3) is 0 Å². The molecular weight excluding hydrogens is 253 g/mol. The average Bonchev–Trinajstić information content (AvgIpc) is 2.30. The van der Waals surface area contributed by atoms with E-state index in [0.717, 1.165) is 17.7 Å². The fourth-order valence-electron chi connectivity index (χ4n) is 2.01. The Balaban J connectivity index is 2.62. The lowest BCUT2D eigenvalue weighted by molar-refractivity contribution is -0.147. The van der Waals surface area contributed by atoms with E-state index in [0.29, 0.717) is 19.5 Å². The van der Waals surface area contributed by atoms with Crippen LogP contribution in [-0.2, 0) is 13.1 Å². The molecule has 0 saturated carbocycles. The Morgan fingerprint density at radius 3 is 2.16 bits per heavy atom. The first-order chi connectivity index (χ1) is 8.94. The van der Waals surface area contributed by atoms with Crippen molar-refractivity contribution in [2.45, 2.75) is 32.6 Å². The van der Waals surface area contributed by atoms with Crippen LogP contribution in [0.2, 0.25) is 0 Å². The van der Waals surface area contributed by atoms with E-state index >= 15 is 0 Å². The highest BCUT2D eigenvalue weighted by Gasteiger charge is 2.30. The molecule has 0 aliphatic heterocycles. The summed E-state index contributed by atoms with van der Waals surface area (Å²) in [7, 11) is 1.86.